The van der Waals surface area contributed by atoms with Gasteiger partial charge in [0.05, 0.1) is 6.54 Å². The SMILES string of the molecule is CC1CCCCN1CCNC(=O)CN1CCN(C(=O)Nc2ccc(Br)cc2)CC1=O. The molecule has 0 aromatic heterocycles. The van der Waals surface area contributed by atoms with Gasteiger partial charge in [0.15, 0.2) is 0 Å². The Bertz CT molecular complexity index is 758. The largest absolute Gasteiger partial charge is 0.353 e. The maximum absolute atomic E-state index is 12.4. The lowest BCUT2D eigenvalue weighted by Gasteiger charge is -2.34. The third-order valence-electron chi connectivity index (χ3n) is 5.70. The topological polar surface area (TPSA) is 85.0 Å². The molecule has 0 saturated carbocycles. The standard InChI is InChI=1S/C21H30BrN5O3/c1-16-4-2-3-10-25(16)11-9-23-19(28)14-26-12-13-27(15-20(26)29)21(30)24-18-7-5-17(22)6-8-18/h5-8,16H,2-4,9-15H2,1H3,(H,23,28)(H,24,30). The van der Waals surface area contributed by atoms with Gasteiger partial charge in [0, 0.05) is 42.4 Å². The zero-order valence-corrected chi connectivity index (χ0v) is 19.0. The summed E-state index contributed by atoms with van der Waals surface area (Å²) in [5, 5.41) is 5.71. The molecule has 164 valence electrons. The van der Waals surface area contributed by atoms with Crippen molar-refractivity contribution in [1.29, 1.82) is 0 Å². The third-order valence-corrected chi connectivity index (χ3v) is 6.23. The fraction of sp³-hybridized carbons (Fsp3) is 0.571. The summed E-state index contributed by atoms with van der Waals surface area (Å²) in [5.74, 6) is -0.368. The van der Waals surface area contributed by atoms with Crippen molar-refractivity contribution < 1.29 is 14.4 Å². The number of piperazine rings is 1. The summed E-state index contributed by atoms with van der Waals surface area (Å²) in [7, 11) is 0. The van der Waals surface area contributed by atoms with Gasteiger partial charge in [-0.2, -0.15) is 0 Å². The van der Waals surface area contributed by atoms with Crippen molar-refractivity contribution in [2.75, 3.05) is 51.1 Å². The van der Waals surface area contributed by atoms with Crippen LogP contribution in [0, 0.1) is 0 Å². The summed E-state index contributed by atoms with van der Waals surface area (Å²) >= 11 is 3.35. The number of hydrogen-bond acceptors (Lipinski definition) is 4. The first-order valence-corrected chi connectivity index (χ1v) is 11.3. The van der Waals surface area contributed by atoms with E-state index in [1.54, 1.807) is 12.1 Å². The van der Waals surface area contributed by atoms with Crippen LogP contribution in [0.2, 0.25) is 0 Å². The minimum Gasteiger partial charge on any atom is -0.353 e. The van der Waals surface area contributed by atoms with Gasteiger partial charge in [-0.05, 0) is 50.6 Å². The van der Waals surface area contributed by atoms with E-state index in [1.165, 1.54) is 29.1 Å². The highest BCUT2D eigenvalue weighted by Gasteiger charge is 2.28. The Kier molecular flexibility index (Phi) is 8.09. The number of amides is 4. The summed E-state index contributed by atoms with van der Waals surface area (Å²) in [5.41, 5.74) is 0.667. The number of likely N-dealkylation sites (tertiary alicyclic amines) is 1. The Morgan fingerprint density at radius 2 is 1.90 bits per heavy atom. The van der Waals surface area contributed by atoms with Crippen LogP contribution in [-0.2, 0) is 9.59 Å². The molecule has 0 spiro atoms. The summed E-state index contributed by atoms with van der Waals surface area (Å²) < 4.78 is 0.924. The third kappa shape index (κ3) is 6.43. The molecule has 1 aromatic rings. The molecule has 1 atom stereocenters. The average molecular weight is 480 g/mol. The van der Waals surface area contributed by atoms with Crippen molar-refractivity contribution in [3.63, 3.8) is 0 Å². The van der Waals surface area contributed by atoms with Gasteiger partial charge >= 0.3 is 6.03 Å². The lowest BCUT2D eigenvalue weighted by atomic mass is 10.0. The zero-order valence-electron chi connectivity index (χ0n) is 17.4. The minimum absolute atomic E-state index is 0.0269. The predicted molar refractivity (Wildman–Crippen MR) is 119 cm³/mol. The van der Waals surface area contributed by atoms with Gasteiger partial charge in [-0.1, -0.05) is 22.4 Å². The lowest BCUT2D eigenvalue weighted by molar-refractivity contribution is -0.139. The van der Waals surface area contributed by atoms with E-state index in [-0.39, 0.29) is 30.9 Å². The molecule has 2 aliphatic heterocycles. The zero-order chi connectivity index (χ0) is 21.5. The second kappa shape index (κ2) is 10.8. The summed E-state index contributed by atoms with van der Waals surface area (Å²) in [6.45, 7) is 5.50. The number of nitrogens with one attached hydrogen (secondary N) is 2. The van der Waals surface area contributed by atoms with Crippen LogP contribution >= 0.6 is 15.9 Å². The molecule has 1 aromatic carbocycles. The highest BCUT2D eigenvalue weighted by Crippen LogP contribution is 2.16. The van der Waals surface area contributed by atoms with Crippen molar-refractivity contribution >= 4 is 39.5 Å². The molecule has 3 rings (SSSR count). The Labute approximate surface area is 186 Å². The molecular weight excluding hydrogens is 450 g/mol. The molecule has 0 radical (unpaired) electrons. The second-order valence-corrected chi connectivity index (χ2v) is 8.82. The maximum atomic E-state index is 12.4. The van der Waals surface area contributed by atoms with E-state index in [1.807, 2.05) is 12.1 Å². The van der Waals surface area contributed by atoms with E-state index < -0.39 is 0 Å². The van der Waals surface area contributed by atoms with E-state index >= 15 is 0 Å². The molecule has 8 nitrogen and oxygen atoms in total. The molecule has 2 heterocycles. The Morgan fingerprint density at radius 1 is 1.13 bits per heavy atom. The number of carbonyl (C=O) groups is 3. The quantitative estimate of drug-likeness (QED) is 0.654. The molecule has 2 saturated heterocycles. The number of urea groups is 1. The number of hydrogen-bond donors (Lipinski definition) is 2. The maximum Gasteiger partial charge on any atom is 0.322 e. The normalized spacial score (nSPS) is 20.2. The molecule has 4 amide bonds. The number of halogens is 1. The van der Waals surface area contributed by atoms with Crippen LogP contribution in [0.1, 0.15) is 26.2 Å². The van der Waals surface area contributed by atoms with Gasteiger partial charge in [-0.25, -0.2) is 4.79 Å². The molecule has 2 fully saturated rings. The van der Waals surface area contributed by atoms with E-state index in [4.69, 9.17) is 0 Å². The number of rotatable bonds is 6. The highest BCUT2D eigenvalue weighted by atomic mass is 79.9. The first kappa shape index (κ1) is 22.6. The van der Waals surface area contributed by atoms with E-state index in [9.17, 15) is 14.4 Å². The lowest BCUT2D eigenvalue weighted by Crippen LogP contribution is -2.55. The van der Waals surface area contributed by atoms with Crippen molar-refractivity contribution in [2.24, 2.45) is 0 Å². The fourth-order valence-corrected chi connectivity index (χ4v) is 4.11. The summed E-state index contributed by atoms with van der Waals surface area (Å²) in [6.07, 6.45) is 3.70. The van der Waals surface area contributed by atoms with Crippen LogP contribution in [0.4, 0.5) is 10.5 Å². The molecule has 30 heavy (non-hydrogen) atoms. The van der Waals surface area contributed by atoms with Crippen molar-refractivity contribution in [3.8, 4) is 0 Å². The second-order valence-electron chi connectivity index (χ2n) is 7.90. The molecule has 9 heteroatoms. The Hall–Kier alpha value is -2.13. The smallest absolute Gasteiger partial charge is 0.322 e. The van der Waals surface area contributed by atoms with Crippen molar-refractivity contribution in [3.05, 3.63) is 28.7 Å². The number of carbonyl (C=O) groups excluding carboxylic acids is 3. The molecule has 0 aliphatic carbocycles. The molecule has 1 unspecified atom stereocenters. The van der Waals surface area contributed by atoms with Crippen LogP contribution in [0.3, 0.4) is 0 Å². The van der Waals surface area contributed by atoms with Crippen LogP contribution in [0.15, 0.2) is 28.7 Å². The van der Waals surface area contributed by atoms with Crippen molar-refractivity contribution in [2.45, 2.75) is 32.2 Å². The summed E-state index contributed by atoms with van der Waals surface area (Å²) in [4.78, 5) is 42.4. The first-order valence-electron chi connectivity index (χ1n) is 10.5. The van der Waals surface area contributed by atoms with Crippen molar-refractivity contribution in [1.82, 2.24) is 20.0 Å². The first-order chi connectivity index (χ1) is 14.4. The molecule has 0 bridgehead atoms. The van der Waals surface area contributed by atoms with Gasteiger partial charge in [0.1, 0.15) is 6.54 Å². The molecule has 2 aliphatic rings. The number of anilines is 1. The molecular formula is C21H30BrN5O3. The Morgan fingerprint density at radius 3 is 2.60 bits per heavy atom. The van der Waals surface area contributed by atoms with Gasteiger partial charge < -0.3 is 20.4 Å². The molecule has 2 N–H and O–H groups in total. The van der Waals surface area contributed by atoms with Gasteiger partial charge in [0.25, 0.3) is 0 Å². The van der Waals surface area contributed by atoms with Gasteiger partial charge in [-0.15, -0.1) is 0 Å². The average Bonchev–Trinajstić information content (AvgIpc) is 2.72. The van der Waals surface area contributed by atoms with Gasteiger partial charge in [0.2, 0.25) is 11.8 Å². The van der Waals surface area contributed by atoms with E-state index in [0.29, 0.717) is 31.4 Å². The summed E-state index contributed by atoms with van der Waals surface area (Å²) in [6, 6.07) is 7.50. The predicted octanol–water partition coefficient (Wildman–Crippen LogP) is 2.12. The monoisotopic (exact) mass is 479 g/mol. The highest BCUT2D eigenvalue weighted by molar-refractivity contribution is 9.10. The Balaban J connectivity index is 1.38. The number of benzene rings is 1. The number of piperidine rings is 1. The van der Waals surface area contributed by atoms with Gasteiger partial charge in [-0.3, -0.25) is 14.5 Å². The number of nitrogens with zero attached hydrogens (tertiary/aromatic N) is 3. The minimum atomic E-state index is -0.314. The van der Waals surface area contributed by atoms with E-state index in [2.05, 4.69) is 38.4 Å². The van der Waals surface area contributed by atoms with Crippen LogP contribution in [0.25, 0.3) is 0 Å². The van der Waals surface area contributed by atoms with Crippen LogP contribution in [-0.4, -0.2) is 84.4 Å². The fourth-order valence-electron chi connectivity index (χ4n) is 3.84. The van der Waals surface area contributed by atoms with E-state index in [0.717, 1.165) is 17.6 Å². The van der Waals surface area contributed by atoms with Crippen LogP contribution < -0.4 is 10.6 Å². The van der Waals surface area contributed by atoms with Crippen LogP contribution in [0.5, 0.6) is 0 Å².